The lowest BCUT2D eigenvalue weighted by molar-refractivity contribution is 0.0732. The Balaban J connectivity index is 1.54. The number of benzene rings is 4. The number of carbonyl (C=O) groups excluding carboxylic acids is 3. The minimum Gasteiger partial charge on any atom is -0.423 e. The van der Waals surface area contributed by atoms with Crippen LogP contribution in [-0.2, 0) is 5.41 Å². The van der Waals surface area contributed by atoms with Crippen molar-refractivity contribution in [1.82, 2.24) is 5.43 Å². The van der Waals surface area contributed by atoms with Crippen molar-refractivity contribution in [3.63, 3.8) is 0 Å². The summed E-state index contributed by atoms with van der Waals surface area (Å²) in [6, 6.07) is 24.1. The Morgan fingerprint density at radius 3 is 1.76 bits per heavy atom. The van der Waals surface area contributed by atoms with Gasteiger partial charge >= 0.3 is 11.9 Å². The number of halogens is 2. The van der Waals surface area contributed by atoms with Gasteiger partial charge in [0.15, 0.2) is 0 Å². The predicted octanol–water partition coefficient (Wildman–Crippen LogP) is 7.49. The van der Waals surface area contributed by atoms with Gasteiger partial charge in [0.2, 0.25) is 0 Å². The molecule has 0 unspecified atom stereocenters. The normalized spacial score (nSPS) is 11.2. The van der Waals surface area contributed by atoms with Crippen LogP contribution in [0, 0.1) is 0 Å². The maximum atomic E-state index is 12.8. The topological polar surface area (TPSA) is 94.1 Å². The average Bonchev–Trinajstić information content (AvgIpc) is 2.94. The van der Waals surface area contributed by atoms with Crippen LogP contribution in [0.25, 0.3) is 0 Å². The third-order valence-electron chi connectivity index (χ3n) is 5.94. The molecule has 0 heterocycles. The van der Waals surface area contributed by atoms with Gasteiger partial charge in [-0.25, -0.2) is 15.0 Å². The molecule has 0 aliphatic heterocycles. The van der Waals surface area contributed by atoms with E-state index in [0.29, 0.717) is 21.2 Å². The van der Waals surface area contributed by atoms with Crippen LogP contribution in [0.2, 0.25) is 10.0 Å². The van der Waals surface area contributed by atoms with E-state index in [2.05, 4.69) is 31.3 Å². The molecule has 0 aliphatic carbocycles. The van der Waals surface area contributed by atoms with E-state index >= 15 is 0 Å². The zero-order chi connectivity index (χ0) is 29.6. The Bertz CT molecular complexity index is 1590. The Hall–Kier alpha value is -4.46. The lowest BCUT2D eigenvalue weighted by atomic mass is 9.87. The summed E-state index contributed by atoms with van der Waals surface area (Å²) >= 11 is 11.8. The Morgan fingerprint density at radius 1 is 0.707 bits per heavy atom. The number of nitrogens with zero attached hydrogens (tertiary/aromatic N) is 1. The van der Waals surface area contributed by atoms with Crippen molar-refractivity contribution in [3.8, 4) is 11.5 Å². The molecule has 9 heteroatoms. The monoisotopic (exact) mass is 588 g/mol. The largest absolute Gasteiger partial charge is 0.423 e. The van der Waals surface area contributed by atoms with Crippen molar-refractivity contribution >= 4 is 47.3 Å². The zero-order valence-electron chi connectivity index (χ0n) is 22.5. The highest BCUT2D eigenvalue weighted by molar-refractivity contribution is 6.31. The SMILES string of the molecule is CC(C)(C)c1ccc(C(=O)N/N=C/c2ccc(OC(=O)c3ccc(Cl)cc3)cc2OC(=O)c2ccc(Cl)cc2)cc1. The summed E-state index contributed by atoms with van der Waals surface area (Å²) in [6.45, 7) is 6.27. The Kier molecular flexibility index (Phi) is 9.22. The summed E-state index contributed by atoms with van der Waals surface area (Å²) in [7, 11) is 0. The number of carbonyl (C=O) groups is 3. The van der Waals surface area contributed by atoms with Gasteiger partial charge < -0.3 is 9.47 Å². The van der Waals surface area contributed by atoms with Gasteiger partial charge in [-0.1, -0.05) is 56.1 Å². The molecule has 4 aromatic rings. The average molecular weight is 589 g/mol. The van der Waals surface area contributed by atoms with Gasteiger partial charge in [0.25, 0.3) is 5.91 Å². The molecule has 0 saturated heterocycles. The molecule has 0 fully saturated rings. The number of rotatable bonds is 7. The number of amides is 1. The molecule has 41 heavy (non-hydrogen) atoms. The maximum absolute atomic E-state index is 12.8. The van der Waals surface area contributed by atoms with E-state index in [-0.39, 0.29) is 28.0 Å². The van der Waals surface area contributed by atoms with E-state index in [0.717, 1.165) is 5.56 Å². The standard InChI is InChI=1S/C32H26Cl2N2O5/c1-32(2,3)24-11-4-20(5-12-24)29(37)36-35-19-23-10-17-27(40-30(38)21-6-13-25(33)14-7-21)18-28(23)41-31(39)22-8-15-26(34)16-9-22/h4-19H,1-3H3,(H,36,37)/b35-19+. The second-order valence-corrected chi connectivity index (χ2v) is 10.9. The fourth-order valence-electron chi connectivity index (χ4n) is 3.62. The molecule has 0 aromatic heterocycles. The van der Waals surface area contributed by atoms with E-state index in [1.807, 2.05) is 12.1 Å². The molecule has 4 rings (SSSR count). The van der Waals surface area contributed by atoms with Crippen LogP contribution < -0.4 is 14.9 Å². The highest BCUT2D eigenvalue weighted by Crippen LogP contribution is 2.26. The van der Waals surface area contributed by atoms with Crippen molar-refractivity contribution in [2.75, 3.05) is 0 Å². The van der Waals surface area contributed by atoms with Gasteiger partial charge in [-0.15, -0.1) is 0 Å². The molecule has 208 valence electrons. The van der Waals surface area contributed by atoms with Crippen LogP contribution in [-0.4, -0.2) is 24.1 Å². The van der Waals surface area contributed by atoms with Crippen LogP contribution >= 0.6 is 23.2 Å². The third kappa shape index (κ3) is 8.03. The summed E-state index contributed by atoms with van der Waals surface area (Å²) in [5, 5.41) is 4.98. The molecule has 1 N–H and O–H groups in total. The highest BCUT2D eigenvalue weighted by Gasteiger charge is 2.16. The summed E-state index contributed by atoms with van der Waals surface area (Å²) in [5.41, 5.74) is 4.87. The first-order chi connectivity index (χ1) is 19.5. The second-order valence-electron chi connectivity index (χ2n) is 10.0. The van der Waals surface area contributed by atoms with Gasteiger partial charge in [-0.3, -0.25) is 4.79 Å². The molecule has 4 aromatic carbocycles. The fourth-order valence-corrected chi connectivity index (χ4v) is 3.87. The van der Waals surface area contributed by atoms with Crippen LogP contribution in [0.1, 0.15) is 63.0 Å². The van der Waals surface area contributed by atoms with E-state index in [1.54, 1.807) is 42.5 Å². The molecule has 0 saturated carbocycles. The van der Waals surface area contributed by atoms with Crippen LogP contribution in [0.15, 0.2) is 96.1 Å². The second kappa shape index (κ2) is 12.8. The summed E-state index contributed by atoms with van der Waals surface area (Å²) in [4.78, 5) is 38.0. The van der Waals surface area contributed by atoms with Crippen LogP contribution in [0.5, 0.6) is 11.5 Å². The van der Waals surface area contributed by atoms with Gasteiger partial charge in [-0.2, -0.15) is 5.10 Å². The number of hydrazone groups is 1. The number of esters is 2. The van der Waals surface area contributed by atoms with Gasteiger partial charge in [0.05, 0.1) is 17.3 Å². The zero-order valence-corrected chi connectivity index (χ0v) is 24.0. The molecular formula is C32H26Cl2N2O5. The fraction of sp³-hybridized carbons (Fsp3) is 0.125. The highest BCUT2D eigenvalue weighted by atomic mass is 35.5. The van der Waals surface area contributed by atoms with Crippen molar-refractivity contribution in [2.24, 2.45) is 5.10 Å². The number of hydrogen-bond donors (Lipinski definition) is 1. The van der Waals surface area contributed by atoms with Crippen molar-refractivity contribution in [1.29, 1.82) is 0 Å². The molecule has 1 amide bonds. The minimum absolute atomic E-state index is 0.0394. The van der Waals surface area contributed by atoms with Gasteiger partial charge in [-0.05, 0) is 83.8 Å². The molecule has 0 atom stereocenters. The number of hydrogen-bond acceptors (Lipinski definition) is 6. The Labute approximate surface area is 247 Å². The summed E-state index contributed by atoms with van der Waals surface area (Å²) < 4.78 is 11.1. The van der Waals surface area contributed by atoms with Gasteiger partial charge in [0, 0.05) is 27.2 Å². The molecule has 0 radical (unpaired) electrons. The minimum atomic E-state index is -0.666. The maximum Gasteiger partial charge on any atom is 0.343 e. The van der Waals surface area contributed by atoms with Gasteiger partial charge in [0.1, 0.15) is 11.5 Å². The summed E-state index contributed by atoms with van der Waals surface area (Å²) in [6.07, 6.45) is 1.33. The molecule has 7 nitrogen and oxygen atoms in total. The number of nitrogens with one attached hydrogen (secondary N) is 1. The van der Waals surface area contributed by atoms with E-state index in [9.17, 15) is 14.4 Å². The van der Waals surface area contributed by atoms with E-state index in [1.165, 1.54) is 42.6 Å². The molecule has 0 bridgehead atoms. The predicted molar refractivity (Wildman–Crippen MR) is 159 cm³/mol. The van der Waals surface area contributed by atoms with E-state index < -0.39 is 17.8 Å². The molecule has 0 aliphatic rings. The lowest BCUT2D eigenvalue weighted by Gasteiger charge is -2.18. The lowest BCUT2D eigenvalue weighted by Crippen LogP contribution is -2.18. The van der Waals surface area contributed by atoms with E-state index in [4.69, 9.17) is 32.7 Å². The smallest absolute Gasteiger partial charge is 0.343 e. The van der Waals surface area contributed by atoms with Crippen molar-refractivity contribution in [2.45, 2.75) is 26.2 Å². The number of ether oxygens (including phenoxy) is 2. The third-order valence-corrected chi connectivity index (χ3v) is 6.44. The van der Waals surface area contributed by atoms with Crippen LogP contribution in [0.4, 0.5) is 0 Å². The summed E-state index contributed by atoms with van der Waals surface area (Å²) in [5.74, 6) is -1.51. The van der Waals surface area contributed by atoms with Crippen molar-refractivity contribution in [3.05, 3.63) is 129 Å². The molecular weight excluding hydrogens is 563 g/mol. The first kappa shape index (κ1) is 29.5. The molecule has 0 spiro atoms. The quantitative estimate of drug-likeness (QED) is 0.104. The van der Waals surface area contributed by atoms with Crippen molar-refractivity contribution < 1.29 is 23.9 Å². The first-order valence-electron chi connectivity index (χ1n) is 12.5. The van der Waals surface area contributed by atoms with Crippen LogP contribution in [0.3, 0.4) is 0 Å². The Morgan fingerprint density at radius 2 is 1.22 bits per heavy atom. The first-order valence-corrected chi connectivity index (χ1v) is 13.3.